The molecule has 0 aliphatic carbocycles. The maximum absolute atomic E-state index is 7.05. The van der Waals surface area contributed by atoms with Crippen LogP contribution >= 0.6 is 8.53 Å². The molecule has 0 spiro atoms. The predicted octanol–water partition coefficient (Wildman–Crippen LogP) is 6.00. The third-order valence-corrected chi connectivity index (χ3v) is 14.3. The van der Waals surface area contributed by atoms with Crippen LogP contribution in [0.5, 0.6) is 0 Å². The Hall–Kier alpha value is -1.05. The first-order chi connectivity index (χ1) is 18.0. The molecule has 5 nitrogen and oxygen atoms in total. The molecule has 38 heavy (non-hydrogen) atoms. The maximum atomic E-state index is 7.05. The third kappa shape index (κ3) is 7.37. The second-order valence-corrected chi connectivity index (χ2v) is 17.4. The smallest absolute Gasteiger partial charge is 0.261 e. The van der Waals surface area contributed by atoms with E-state index in [1.165, 1.54) is 10.4 Å². The maximum Gasteiger partial charge on any atom is 0.261 e. The molecule has 2 unspecified atom stereocenters. The molecule has 1 heterocycles. The molecule has 2 aromatic carbocycles. The monoisotopic (exact) mass is 555 g/mol. The van der Waals surface area contributed by atoms with Gasteiger partial charge in [-0.15, -0.1) is 0 Å². The predicted molar refractivity (Wildman–Crippen MR) is 163 cm³/mol. The normalized spacial score (nSPS) is 21.5. The van der Waals surface area contributed by atoms with Crippen molar-refractivity contribution in [1.82, 2.24) is 4.67 Å². The summed E-state index contributed by atoms with van der Waals surface area (Å²) in [5, 5.41) is 2.46. The van der Waals surface area contributed by atoms with Gasteiger partial charge in [-0.1, -0.05) is 88.4 Å². The highest BCUT2D eigenvalue weighted by Crippen LogP contribution is 2.49. The average molecular weight is 556 g/mol. The van der Waals surface area contributed by atoms with E-state index in [0.29, 0.717) is 19.6 Å². The van der Waals surface area contributed by atoms with Crippen LogP contribution in [-0.2, 0) is 18.2 Å². The van der Waals surface area contributed by atoms with Gasteiger partial charge in [-0.2, -0.15) is 0 Å². The molecule has 4 atom stereocenters. The highest BCUT2D eigenvalue weighted by Gasteiger charge is 2.50. The minimum atomic E-state index is -2.62. The molecule has 1 aliphatic heterocycles. The summed E-state index contributed by atoms with van der Waals surface area (Å²) in [7, 11) is 2.18. The fourth-order valence-corrected chi connectivity index (χ4v) is 11.8. The number of benzene rings is 2. The highest BCUT2D eigenvalue weighted by molar-refractivity contribution is 7.44. The van der Waals surface area contributed by atoms with E-state index in [4.69, 9.17) is 26.1 Å². The van der Waals surface area contributed by atoms with Crippen LogP contribution in [-0.4, -0.2) is 64.3 Å². The van der Waals surface area contributed by atoms with Crippen molar-refractivity contribution in [3.63, 3.8) is 0 Å². The van der Waals surface area contributed by atoms with Gasteiger partial charge in [0, 0.05) is 18.1 Å². The Kier molecular flexibility index (Phi) is 11.6. The minimum Gasteiger partial charge on any atom is -0.405 e. The zero-order chi connectivity index (χ0) is 27.9. The van der Waals surface area contributed by atoms with Gasteiger partial charge in [0.2, 0.25) is 0 Å². The second-order valence-electron chi connectivity index (χ2n) is 11.7. The van der Waals surface area contributed by atoms with Crippen LogP contribution in [0.1, 0.15) is 68.2 Å². The van der Waals surface area contributed by atoms with Gasteiger partial charge in [-0.3, -0.25) is 0 Å². The van der Waals surface area contributed by atoms with Crippen molar-refractivity contribution in [3.05, 3.63) is 60.7 Å². The van der Waals surface area contributed by atoms with Crippen LogP contribution in [0, 0.1) is 0 Å². The number of ether oxygens (including phenoxy) is 1. The van der Waals surface area contributed by atoms with Crippen molar-refractivity contribution in [3.8, 4) is 0 Å². The van der Waals surface area contributed by atoms with Gasteiger partial charge in [0.1, 0.15) is 7.85 Å². The Bertz CT molecular complexity index is 912. The van der Waals surface area contributed by atoms with E-state index in [-0.39, 0.29) is 35.3 Å². The van der Waals surface area contributed by atoms with E-state index in [1.807, 2.05) is 0 Å². The van der Waals surface area contributed by atoms with Crippen LogP contribution in [0.2, 0.25) is 5.04 Å². The Morgan fingerprint density at radius 1 is 0.947 bits per heavy atom. The highest BCUT2D eigenvalue weighted by atomic mass is 31.2. The topological polar surface area (TPSA) is 40.2 Å². The van der Waals surface area contributed by atoms with Crippen molar-refractivity contribution in [2.24, 2.45) is 0 Å². The van der Waals surface area contributed by atoms with E-state index >= 15 is 0 Å². The summed E-state index contributed by atoms with van der Waals surface area (Å²) in [6.45, 7) is 18.7. The van der Waals surface area contributed by atoms with Crippen LogP contribution in [0.15, 0.2) is 60.7 Å². The average Bonchev–Trinajstić information content (AvgIpc) is 3.22. The molecule has 0 amide bonds. The van der Waals surface area contributed by atoms with E-state index in [2.05, 4.69) is 121 Å². The lowest BCUT2D eigenvalue weighted by Crippen LogP contribution is -2.66. The van der Waals surface area contributed by atoms with Gasteiger partial charge < -0.3 is 18.2 Å². The van der Waals surface area contributed by atoms with Crippen molar-refractivity contribution in [2.45, 2.75) is 104 Å². The molecule has 0 saturated carbocycles. The summed E-state index contributed by atoms with van der Waals surface area (Å²) in [4.78, 5) is 0. The van der Waals surface area contributed by atoms with Crippen molar-refractivity contribution in [2.75, 3.05) is 13.2 Å². The van der Waals surface area contributed by atoms with Crippen molar-refractivity contribution < 1.29 is 18.2 Å². The minimum absolute atomic E-state index is 0.00636. The summed E-state index contributed by atoms with van der Waals surface area (Å²) in [5.41, 5.74) is 0. The van der Waals surface area contributed by atoms with Crippen molar-refractivity contribution in [1.29, 1.82) is 0 Å². The first kappa shape index (κ1) is 31.5. The van der Waals surface area contributed by atoms with Gasteiger partial charge in [0.25, 0.3) is 16.8 Å². The van der Waals surface area contributed by atoms with Crippen LogP contribution < -0.4 is 10.4 Å². The van der Waals surface area contributed by atoms with Gasteiger partial charge in [-0.05, 0) is 55.9 Å². The Labute approximate surface area is 235 Å². The molecule has 1 fully saturated rings. The number of rotatable bonds is 13. The summed E-state index contributed by atoms with van der Waals surface area (Å²) in [6, 6.07) is 21.7. The first-order valence-electron chi connectivity index (χ1n) is 14.0. The molecule has 2 aromatic rings. The fraction of sp³-hybridized carbons (Fsp3) is 0.600. The van der Waals surface area contributed by atoms with E-state index in [0.717, 1.165) is 6.42 Å². The lowest BCUT2D eigenvalue weighted by atomic mass is 9.96. The lowest BCUT2D eigenvalue weighted by Gasteiger charge is -2.43. The molecule has 8 heteroatoms. The molecule has 0 aromatic heterocycles. The SMILES string of the molecule is [B][C@H]1CC(OP(OCCO[Si](c2ccccc2)(c2ccccc2)C(C)(C)C)N(C(C)C)C(C)C)[C@@H](CC)O1. The first-order valence-corrected chi connectivity index (χ1v) is 17.1. The van der Waals surface area contributed by atoms with E-state index < -0.39 is 16.8 Å². The Morgan fingerprint density at radius 2 is 1.47 bits per heavy atom. The summed E-state index contributed by atoms with van der Waals surface area (Å²) in [6.07, 6.45) is 1.47. The van der Waals surface area contributed by atoms with E-state index in [9.17, 15) is 0 Å². The Balaban J connectivity index is 1.83. The zero-order valence-corrected chi connectivity index (χ0v) is 26.5. The number of nitrogens with zero attached hydrogens (tertiary/aromatic N) is 1. The number of hydrogen-bond donors (Lipinski definition) is 0. The van der Waals surface area contributed by atoms with E-state index in [1.54, 1.807) is 0 Å². The Morgan fingerprint density at radius 3 is 1.92 bits per heavy atom. The third-order valence-electron chi connectivity index (χ3n) is 7.12. The molecule has 208 valence electrons. The summed E-state index contributed by atoms with van der Waals surface area (Å²) < 4.78 is 28.5. The van der Waals surface area contributed by atoms with Crippen LogP contribution in [0.4, 0.5) is 0 Å². The molecule has 3 rings (SSSR count). The lowest BCUT2D eigenvalue weighted by molar-refractivity contribution is 0.0304. The van der Waals surface area contributed by atoms with Crippen LogP contribution in [0.3, 0.4) is 0 Å². The van der Waals surface area contributed by atoms with Gasteiger partial charge in [0.15, 0.2) is 0 Å². The standard InChI is InChI=1S/C30H47BNO4PSi/c1-9-27-28(22-29(31)35-27)36-37(32(23(2)3)24(4)5)33-20-21-34-38(30(6,7)8,25-16-12-10-13-17-25)26-18-14-11-15-19-26/h10-19,23-24,27-29H,9,20-22H2,1-8H3/t27-,28?,29-,37?/m1/s1. The zero-order valence-electron chi connectivity index (χ0n) is 24.6. The molecule has 2 radical (unpaired) electrons. The molecule has 0 N–H and O–H groups in total. The molecule has 1 aliphatic rings. The number of hydrogen-bond acceptors (Lipinski definition) is 5. The largest absolute Gasteiger partial charge is 0.405 e. The van der Waals surface area contributed by atoms with Gasteiger partial charge in [-0.25, -0.2) is 4.67 Å². The van der Waals surface area contributed by atoms with Crippen molar-refractivity contribution >= 4 is 35.1 Å². The summed E-state index contributed by atoms with van der Waals surface area (Å²) in [5.74, 6) is 0. The quantitative estimate of drug-likeness (QED) is 0.172. The molecular formula is C30H47BNO4PSi. The summed E-state index contributed by atoms with van der Waals surface area (Å²) >= 11 is 0. The second kappa shape index (κ2) is 14.0. The molecular weight excluding hydrogens is 508 g/mol. The molecule has 0 bridgehead atoms. The van der Waals surface area contributed by atoms with Crippen LogP contribution in [0.25, 0.3) is 0 Å². The van der Waals surface area contributed by atoms with Gasteiger partial charge >= 0.3 is 0 Å². The van der Waals surface area contributed by atoms with Gasteiger partial charge in [0.05, 0.1) is 25.4 Å². The fourth-order valence-electron chi connectivity index (χ4n) is 5.53. The molecule has 1 saturated heterocycles.